The van der Waals surface area contributed by atoms with Crippen LogP contribution in [0.3, 0.4) is 0 Å². The minimum atomic E-state index is -0.250. The van der Waals surface area contributed by atoms with Crippen LogP contribution in [-0.4, -0.2) is 15.3 Å². The SMILES string of the molecule is CC(=O)c1c(C)n(-c2ccccc2)c2nc(C)ccc2c1=O. The molecule has 3 rings (SSSR count). The summed E-state index contributed by atoms with van der Waals surface area (Å²) in [4.78, 5) is 29.1. The number of aryl methyl sites for hydroxylation is 1. The molecule has 0 aliphatic carbocycles. The van der Waals surface area contributed by atoms with Gasteiger partial charge in [0, 0.05) is 17.1 Å². The number of benzene rings is 1. The van der Waals surface area contributed by atoms with E-state index < -0.39 is 0 Å². The Kier molecular flexibility index (Phi) is 3.37. The van der Waals surface area contributed by atoms with Crippen LogP contribution in [0.2, 0.25) is 0 Å². The highest BCUT2D eigenvalue weighted by Crippen LogP contribution is 2.20. The number of carbonyl (C=O) groups excluding carboxylic acids is 1. The molecule has 0 bridgehead atoms. The zero-order valence-corrected chi connectivity index (χ0v) is 12.8. The molecule has 0 amide bonds. The van der Waals surface area contributed by atoms with Crippen LogP contribution in [0.25, 0.3) is 16.7 Å². The van der Waals surface area contributed by atoms with E-state index in [4.69, 9.17) is 0 Å². The topological polar surface area (TPSA) is 52.0 Å². The number of para-hydroxylation sites is 1. The maximum absolute atomic E-state index is 12.6. The normalized spacial score (nSPS) is 10.9. The number of Topliss-reactive ketones (excluding diaryl/α,β-unsaturated/α-hetero) is 1. The monoisotopic (exact) mass is 292 g/mol. The Morgan fingerprint density at radius 2 is 1.73 bits per heavy atom. The van der Waals surface area contributed by atoms with E-state index in [-0.39, 0.29) is 16.8 Å². The number of hydrogen-bond acceptors (Lipinski definition) is 3. The molecule has 2 heterocycles. The molecule has 0 unspecified atom stereocenters. The molecule has 4 heteroatoms. The molecule has 0 radical (unpaired) electrons. The molecule has 0 N–H and O–H groups in total. The molecule has 0 fully saturated rings. The van der Waals surface area contributed by atoms with Gasteiger partial charge in [0.1, 0.15) is 5.65 Å². The predicted octanol–water partition coefficient (Wildman–Crippen LogP) is 3.21. The number of rotatable bonds is 2. The van der Waals surface area contributed by atoms with Crippen LogP contribution in [0.1, 0.15) is 28.7 Å². The van der Waals surface area contributed by atoms with Crippen molar-refractivity contribution < 1.29 is 4.79 Å². The number of carbonyl (C=O) groups is 1. The standard InChI is InChI=1S/C18H16N2O2/c1-11-9-10-15-17(22)16(13(3)21)12(2)20(18(15)19-11)14-7-5-4-6-8-14/h4-10H,1-3H3. The van der Waals surface area contributed by atoms with E-state index in [1.54, 1.807) is 19.1 Å². The number of nitrogens with zero attached hydrogens (tertiary/aromatic N) is 2. The summed E-state index contributed by atoms with van der Waals surface area (Å²) in [6.07, 6.45) is 0. The number of pyridine rings is 2. The summed E-state index contributed by atoms with van der Waals surface area (Å²) < 4.78 is 1.88. The van der Waals surface area contributed by atoms with Crippen molar-refractivity contribution in [3.05, 3.63) is 69.6 Å². The Morgan fingerprint density at radius 3 is 2.36 bits per heavy atom. The lowest BCUT2D eigenvalue weighted by Crippen LogP contribution is -2.21. The summed E-state index contributed by atoms with van der Waals surface area (Å²) in [6, 6.07) is 13.2. The molecule has 1 aromatic carbocycles. The van der Waals surface area contributed by atoms with Gasteiger partial charge >= 0.3 is 0 Å². The fraction of sp³-hybridized carbons (Fsp3) is 0.167. The molecule has 22 heavy (non-hydrogen) atoms. The molecule has 0 aliphatic heterocycles. The van der Waals surface area contributed by atoms with Crippen molar-refractivity contribution >= 4 is 16.8 Å². The van der Waals surface area contributed by atoms with Gasteiger partial charge in [0.25, 0.3) is 0 Å². The van der Waals surface area contributed by atoms with Gasteiger partial charge in [-0.15, -0.1) is 0 Å². The largest absolute Gasteiger partial charge is 0.298 e. The van der Waals surface area contributed by atoms with Crippen molar-refractivity contribution in [3.8, 4) is 5.69 Å². The van der Waals surface area contributed by atoms with Gasteiger partial charge in [-0.3, -0.25) is 14.2 Å². The highest BCUT2D eigenvalue weighted by molar-refractivity contribution is 5.98. The van der Waals surface area contributed by atoms with Gasteiger partial charge in [-0.2, -0.15) is 0 Å². The summed E-state index contributed by atoms with van der Waals surface area (Å²) in [5, 5.41) is 0.463. The first-order valence-electron chi connectivity index (χ1n) is 7.10. The molecule has 0 saturated carbocycles. The highest BCUT2D eigenvalue weighted by atomic mass is 16.1. The molecule has 4 nitrogen and oxygen atoms in total. The molecule has 2 aromatic heterocycles. The summed E-state index contributed by atoms with van der Waals surface area (Å²) in [5.74, 6) is -0.227. The van der Waals surface area contributed by atoms with Crippen LogP contribution in [0.15, 0.2) is 47.3 Å². The Balaban J connectivity index is 2.56. The molecule has 110 valence electrons. The van der Waals surface area contributed by atoms with E-state index in [0.717, 1.165) is 11.4 Å². The smallest absolute Gasteiger partial charge is 0.202 e. The van der Waals surface area contributed by atoms with E-state index in [9.17, 15) is 9.59 Å². The van der Waals surface area contributed by atoms with Crippen LogP contribution >= 0.6 is 0 Å². The highest BCUT2D eigenvalue weighted by Gasteiger charge is 2.18. The summed E-state index contributed by atoms with van der Waals surface area (Å²) in [6.45, 7) is 5.09. The molecule has 0 aliphatic rings. The Bertz CT molecular complexity index is 941. The van der Waals surface area contributed by atoms with E-state index in [1.807, 2.05) is 41.8 Å². The van der Waals surface area contributed by atoms with E-state index in [2.05, 4.69) is 4.98 Å². The molecule has 0 atom stereocenters. The Hall–Kier alpha value is -2.75. The zero-order valence-electron chi connectivity index (χ0n) is 12.8. The summed E-state index contributed by atoms with van der Waals surface area (Å²) >= 11 is 0. The minimum absolute atomic E-state index is 0.224. The summed E-state index contributed by atoms with van der Waals surface area (Å²) in [5.41, 5.74) is 2.88. The van der Waals surface area contributed by atoms with Crippen LogP contribution in [0.4, 0.5) is 0 Å². The van der Waals surface area contributed by atoms with Crippen LogP contribution in [0.5, 0.6) is 0 Å². The Morgan fingerprint density at radius 1 is 1.05 bits per heavy atom. The summed E-state index contributed by atoms with van der Waals surface area (Å²) in [7, 11) is 0. The molecular formula is C18H16N2O2. The molecular weight excluding hydrogens is 276 g/mol. The molecule has 0 spiro atoms. The van der Waals surface area contributed by atoms with Crippen molar-refractivity contribution in [2.24, 2.45) is 0 Å². The van der Waals surface area contributed by atoms with Crippen molar-refractivity contribution in [1.82, 2.24) is 9.55 Å². The number of aromatic nitrogens is 2. The third-order valence-corrected chi connectivity index (χ3v) is 3.76. The lowest BCUT2D eigenvalue weighted by Gasteiger charge is -2.16. The second-order valence-corrected chi connectivity index (χ2v) is 5.34. The first kappa shape index (κ1) is 14.2. The first-order chi connectivity index (χ1) is 10.5. The quantitative estimate of drug-likeness (QED) is 0.681. The fourth-order valence-corrected chi connectivity index (χ4v) is 2.77. The van der Waals surface area contributed by atoms with Gasteiger partial charge in [-0.1, -0.05) is 18.2 Å². The van der Waals surface area contributed by atoms with Gasteiger partial charge in [0.15, 0.2) is 5.78 Å². The maximum atomic E-state index is 12.6. The number of hydrogen-bond donors (Lipinski definition) is 0. The van der Waals surface area contributed by atoms with Crippen LogP contribution in [-0.2, 0) is 0 Å². The predicted molar refractivity (Wildman–Crippen MR) is 86.8 cm³/mol. The Labute approximate surface area is 128 Å². The lowest BCUT2D eigenvalue weighted by molar-refractivity contribution is 0.101. The van der Waals surface area contributed by atoms with Gasteiger partial charge in [0.05, 0.1) is 10.9 Å². The van der Waals surface area contributed by atoms with E-state index >= 15 is 0 Å². The molecule has 3 aromatic rings. The van der Waals surface area contributed by atoms with Crippen molar-refractivity contribution in [3.63, 3.8) is 0 Å². The fourth-order valence-electron chi connectivity index (χ4n) is 2.77. The average Bonchev–Trinajstić information content (AvgIpc) is 2.47. The third kappa shape index (κ3) is 2.13. The lowest BCUT2D eigenvalue weighted by atomic mass is 10.1. The van der Waals surface area contributed by atoms with E-state index in [0.29, 0.717) is 16.7 Å². The number of fused-ring (bicyclic) bond motifs is 1. The zero-order chi connectivity index (χ0) is 15.9. The minimum Gasteiger partial charge on any atom is -0.298 e. The second kappa shape index (κ2) is 5.22. The van der Waals surface area contributed by atoms with Crippen molar-refractivity contribution in [1.29, 1.82) is 0 Å². The maximum Gasteiger partial charge on any atom is 0.202 e. The van der Waals surface area contributed by atoms with E-state index in [1.165, 1.54) is 6.92 Å². The van der Waals surface area contributed by atoms with Gasteiger partial charge in [-0.05, 0) is 45.0 Å². The van der Waals surface area contributed by atoms with Crippen LogP contribution in [0, 0.1) is 13.8 Å². The molecule has 0 saturated heterocycles. The van der Waals surface area contributed by atoms with Gasteiger partial charge in [0.2, 0.25) is 5.43 Å². The van der Waals surface area contributed by atoms with Crippen LogP contribution < -0.4 is 5.43 Å². The second-order valence-electron chi connectivity index (χ2n) is 5.34. The van der Waals surface area contributed by atoms with Gasteiger partial charge < -0.3 is 0 Å². The van der Waals surface area contributed by atoms with Gasteiger partial charge in [-0.25, -0.2) is 4.98 Å². The van der Waals surface area contributed by atoms with Crippen molar-refractivity contribution in [2.75, 3.05) is 0 Å². The van der Waals surface area contributed by atoms with Crippen molar-refractivity contribution in [2.45, 2.75) is 20.8 Å². The first-order valence-corrected chi connectivity index (χ1v) is 7.10. The third-order valence-electron chi connectivity index (χ3n) is 3.76. The average molecular weight is 292 g/mol. The number of ketones is 1.